The molecule has 1 saturated heterocycles. The van der Waals surface area contributed by atoms with Crippen molar-refractivity contribution in [3.63, 3.8) is 0 Å². The number of rotatable bonds is 4. The van der Waals surface area contributed by atoms with Crippen molar-refractivity contribution in [2.45, 2.75) is 23.8 Å². The van der Waals surface area contributed by atoms with Crippen LogP contribution < -0.4 is 14.8 Å². The van der Waals surface area contributed by atoms with Gasteiger partial charge in [0.2, 0.25) is 0 Å². The predicted molar refractivity (Wildman–Crippen MR) is 91.4 cm³/mol. The summed E-state index contributed by atoms with van der Waals surface area (Å²) in [6.07, 6.45) is 1.30. The summed E-state index contributed by atoms with van der Waals surface area (Å²) in [6.45, 7) is 2.52. The maximum absolute atomic E-state index is 12.5. The molecule has 0 saturated carbocycles. The van der Waals surface area contributed by atoms with E-state index in [1.165, 1.54) is 0 Å². The van der Waals surface area contributed by atoms with Crippen molar-refractivity contribution in [2.24, 2.45) is 0 Å². The molecule has 0 unspecified atom stereocenters. The highest BCUT2D eigenvalue weighted by molar-refractivity contribution is 7.91. The molecule has 4 rings (SSSR count). The van der Waals surface area contributed by atoms with Crippen molar-refractivity contribution in [2.75, 3.05) is 26.3 Å². The largest absolute Gasteiger partial charge is 0.486 e. The lowest BCUT2D eigenvalue weighted by Crippen LogP contribution is -2.36. The molecule has 8 heteroatoms. The van der Waals surface area contributed by atoms with E-state index in [0.29, 0.717) is 49.0 Å². The fourth-order valence-corrected chi connectivity index (χ4v) is 4.93. The van der Waals surface area contributed by atoms with E-state index in [9.17, 15) is 8.42 Å². The smallest absolute Gasteiger partial charge is 0.167 e. The molecule has 134 valence electrons. The summed E-state index contributed by atoms with van der Waals surface area (Å²) >= 11 is 0. The predicted octanol–water partition coefficient (Wildman–Crippen LogP) is 1.78. The van der Waals surface area contributed by atoms with E-state index in [0.717, 1.165) is 18.7 Å². The van der Waals surface area contributed by atoms with Crippen LogP contribution in [0.4, 0.5) is 0 Å². The minimum atomic E-state index is -3.23. The highest BCUT2D eigenvalue weighted by atomic mass is 32.2. The molecule has 2 aliphatic heterocycles. The first kappa shape index (κ1) is 16.4. The van der Waals surface area contributed by atoms with E-state index in [4.69, 9.17) is 14.0 Å². The van der Waals surface area contributed by atoms with E-state index in [1.54, 1.807) is 6.07 Å². The van der Waals surface area contributed by atoms with Crippen LogP contribution in [0.2, 0.25) is 0 Å². The fraction of sp³-hybridized carbons (Fsp3) is 0.471. The number of nitrogens with one attached hydrogen (secondary N) is 1. The Hall–Kier alpha value is -2.06. The minimum absolute atomic E-state index is 0.0915. The Bertz CT molecular complexity index is 856. The van der Waals surface area contributed by atoms with Gasteiger partial charge in [0.25, 0.3) is 0 Å². The van der Waals surface area contributed by atoms with Crippen LogP contribution in [0.5, 0.6) is 11.5 Å². The number of hydrogen-bond donors (Lipinski definition) is 1. The van der Waals surface area contributed by atoms with Gasteiger partial charge in [0, 0.05) is 11.6 Å². The Labute approximate surface area is 146 Å². The highest BCUT2D eigenvalue weighted by Gasteiger charge is 2.28. The van der Waals surface area contributed by atoms with Gasteiger partial charge in [0.1, 0.15) is 13.2 Å². The van der Waals surface area contributed by atoms with Crippen LogP contribution in [0.1, 0.15) is 18.5 Å². The molecule has 1 aromatic carbocycles. The average Bonchev–Trinajstić information content (AvgIpc) is 3.10. The van der Waals surface area contributed by atoms with Crippen molar-refractivity contribution in [3.05, 3.63) is 30.0 Å². The first-order valence-corrected chi connectivity index (χ1v) is 10.1. The third-order valence-electron chi connectivity index (χ3n) is 4.53. The normalized spacial score (nSPS) is 18.2. The molecule has 0 amide bonds. The van der Waals surface area contributed by atoms with Crippen LogP contribution in [0.3, 0.4) is 0 Å². The number of aromatic nitrogens is 1. The molecule has 2 aromatic rings. The summed E-state index contributed by atoms with van der Waals surface area (Å²) < 4.78 is 41.5. The Balaban J connectivity index is 1.52. The number of hydrogen-bond acceptors (Lipinski definition) is 7. The van der Waals surface area contributed by atoms with Gasteiger partial charge in [-0.2, -0.15) is 0 Å². The lowest BCUT2D eigenvalue weighted by atomic mass is 10.1. The molecule has 0 aliphatic carbocycles. The summed E-state index contributed by atoms with van der Waals surface area (Å²) in [5.41, 5.74) is 1.21. The Morgan fingerprint density at radius 2 is 1.84 bits per heavy atom. The van der Waals surface area contributed by atoms with Gasteiger partial charge in [-0.25, -0.2) is 8.42 Å². The van der Waals surface area contributed by atoms with Crippen molar-refractivity contribution in [3.8, 4) is 22.8 Å². The van der Waals surface area contributed by atoms with Crippen LogP contribution in [0, 0.1) is 0 Å². The van der Waals surface area contributed by atoms with Gasteiger partial charge in [0.05, 0.1) is 16.7 Å². The van der Waals surface area contributed by atoms with Gasteiger partial charge in [-0.15, -0.1) is 0 Å². The third-order valence-corrected chi connectivity index (χ3v) is 6.71. The molecule has 1 N–H and O–H groups in total. The van der Waals surface area contributed by atoms with Gasteiger partial charge in [-0.3, -0.25) is 0 Å². The number of ether oxygens (including phenoxy) is 2. The summed E-state index contributed by atoms with van der Waals surface area (Å²) in [6, 6.07) is 7.17. The topological polar surface area (TPSA) is 90.7 Å². The van der Waals surface area contributed by atoms with E-state index in [1.807, 2.05) is 18.2 Å². The molecular weight excluding hydrogens is 344 g/mol. The molecule has 25 heavy (non-hydrogen) atoms. The molecule has 0 radical (unpaired) electrons. The second-order valence-electron chi connectivity index (χ2n) is 6.30. The number of piperidine rings is 1. The highest BCUT2D eigenvalue weighted by Crippen LogP contribution is 2.34. The number of sulfone groups is 1. The number of nitrogens with zero attached hydrogens (tertiary/aromatic N) is 1. The maximum atomic E-state index is 12.5. The third kappa shape index (κ3) is 3.50. The molecule has 3 heterocycles. The Morgan fingerprint density at radius 3 is 2.64 bits per heavy atom. The van der Waals surface area contributed by atoms with Crippen molar-refractivity contribution in [1.82, 2.24) is 10.5 Å². The first-order chi connectivity index (χ1) is 12.1. The lowest BCUT2D eigenvalue weighted by Gasteiger charge is -2.22. The van der Waals surface area contributed by atoms with Crippen molar-refractivity contribution < 1.29 is 22.4 Å². The zero-order chi connectivity index (χ0) is 17.3. The van der Waals surface area contributed by atoms with E-state index < -0.39 is 9.84 Å². The monoisotopic (exact) mass is 364 g/mol. The summed E-state index contributed by atoms with van der Waals surface area (Å²) in [5.74, 6) is 1.78. The van der Waals surface area contributed by atoms with Crippen LogP contribution in [0.25, 0.3) is 11.3 Å². The van der Waals surface area contributed by atoms with Crippen LogP contribution in [-0.2, 0) is 15.6 Å². The Morgan fingerprint density at radius 1 is 1.08 bits per heavy atom. The molecule has 1 aromatic heterocycles. The number of benzene rings is 1. The van der Waals surface area contributed by atoms with Gasteiger partial charge < -0.3 is 19.3 Å². The van der Waals surface area contributed by atoms with E-state index >= 15 is 0 Å². The molecule has 7 nitrogen and oxygen atoms in total. The fourth-order valence-electron chi connectivity index (χ4n) is 3.19. The average molecular weight is 364 g/mol. The summed E-state index contributed by atoms with van der Waals surface area (Å²) in [5, 5.41) is 6.82. The molecule has 0 bridgehead atoms. The molecule has 1 fully saturated rings. The van der Waals surface area contributed by atoms with Gasteiger partial charge in [-0.1, -0.05) is 5.16 Å². The second-order valence-corrected chi connectivity index (χ2v) is 8.58. The first-order valence-electron chi connectivity index (χ1n) is 8.40. The SMILES string of the molecule is O=S(=O)(Cc1cc(-c2ccc3c(c2)OCCO3)on1)C1CCNCC1. The maximum Gasteiger partial charge on any atom is 0.167 e. The minimum Gasteiger partial charge on any atom is -0.486 e. The molecular formula is C17H20N2O5S. The lowest BCUT2D eigenvalue weighted by molar-refractivity contribution is 0.171. The second kappa shape index (κ2) is 6.68. The Kier molecular flexibility index (Phi) is 4.39. The van der Waals surface area contributed by atoms with Gasteiger partial charge >= 0.3 is 0 Å². The van der Waals surface area contributed by atoms with E-state index in [-0.39, 0.29) is 11.0 Å². The van der Waals surface area contributed by atoms with Crippen LogP contribution in [-0.4, -0.2) is 45.1 Å². The number of fused-ring (bicyclic) bond motifs is 1. The molecule has 2 aliphatic rings. The van der Waals surface area contributed by atoms with Crippen LogP contribution in [0.15, 0.2) is 28.8 Å². The van der Waals surface area contributed by atoms with Gasteiger partial charge in [0.15, 0.2) is 27.1 Å². The van der Waals surface area contributed by atoms with Crippen molar-refractivity contribution >= 4 is 9.84 Å². The quantitative estimate of drug-likeness (QED) is 0.884. The summed E-state index contributed by atoms with van der Waals surface area (Å²) in [4.78, 5) is 0. The van der Waals surface area contributed by atoms with Crippen LogP contribution >= 0.6 is 0 Å². The van der Waals surface area contributed by atoms with E-state index in [2.05, 4.69) is 10.5 Å². The zero-order valence-electron chi connectivity index (χ0n) is 13.7. The van der Waals surface area contributed by atoms with Crippen molar-refractivity contribution in [1.29, 1.82) is 0 Å². The summed E-state index contributed by atoms with van der Waals surface area (Å²) in [7, 11) is -3.23. The zero-order valence-corrected chi connectivity index (χ0v) is 14.5. The van der Waals surface area contributed by atoms with Gasteiger partial charge in [-0.05, 0) is 44.1 Å². The molecule has 0 spiro atoms. The standard InChI is InChI=1S/C17H20N2O5S/c20-25(21,14-3-5-18-6-4-14)11-13-10-16(24-19-13)12-1-2-15-17(9-12)23-8-7-22-15/h1-2,9-10,14,18H,3-8,11H2. The molecule has 0 atom stereocenters.